The highest BCUT2D eigenvalue weighted by molar-refractivity contribution is 5.76. The van der Waals surface area contributed by atoms with E-state index >= 15 is 0 Å². The SMILES string of the molecule is CCCOC1CCCN(C(=O)CCC(C)(C)CCN)C1. The minimum Gasteiger partial charge on any atom is -0.376 e. The third-order valence-corrected chi connectivity index (χ3v) is 4.13. The molecule has 0 aromatic carbocycles. The largest absolute Gasteiger partial charge is 0.376 e. The minimum atomic E-state index is 0.165. The fraction of sp³-hybridized carbons (Fsp3) is 0.938. The molecule has 1 unspecified atom stereocenters. The van der Waals surface area contributed by atoms with E-state index in [0.29, 0.717) is 13.0 Å². The predicted octanol–water partition coefficient (Wildman–Crippen LogP) is 2.56. The summed E-state index contributed by atoms with van der Waals surface area (Å²) in [5.74, 6) is 0.278. The van der Waals surface area contributed by atoms with E-state index in [-0.39, 0.29) is 17.4 Å². The number of likely N-dealkylation sites (tertiary alicyclic amines) is 1. The van der Waals surface area contributed by atoms with Crippen molar-refractivity contribution in [2.45, 2.75) is 65.4 Å². The first-order valence-electron chi connectivity index (χ1n) is 8.08. The molecule has 4 nitrogen and oxygen atoms in total. The Bertz CT molecular complexity index is 292. The average Bonchev–Trinajstić information content (AvgIpc) is 2.43. The number of amides is 1. The smallest absolute Gasteiger partial charge is 0.222 e. The van der Waals surface area contributed by atoms with Crippen molar-refractivity contribution in [2.24, 2.45) is 11.1 Å². The van der Waals surface area contributed by atoms with Gasteiger partial charge in [0.15, 0.2) is 0 Å². The van der Waals surface area contributed by atoms with Crippen molar-refractivity contribution >= 4 is 5.91 Å². The highest BCUT2D eigenvalue weighted by Gasteiger charge is 2.25. The predicted molar refractivity (Wildman–Crippen MR) is 82.5 cm³/mol. The monoisotopic (exact) mass is 284 g/mol. The summed E-state index contributed by atoms with van der Waals surface area (Å²) < 4.78 is 5.79. The Hall–Kier alpha value is -0.610. The van der Waals surface area contributed by atoms with Crippen LogP contribution in [-0.2, 0) is 9.53 Å². The van der Waals surface area contributed by atoms with Crippen molar-refractivity contribution in [2.75, 3.05) is 26.2 Å². The van der Waals surface area contributed by atoms with E-state index in [1.165, 1.54) is 0 Å². The Labute approximate surface area is 124 Å². The maximum absolute atomic E-state index is 12.3. The lowest BCUT2D eigenvalue weighted by Crippen LogP contribution is -2.43. The van der Waals surface area contributed by atoms with Crippen LogP contribution in [-0.4, -0.2) is 43.2 Å². The molecule has 4 heteroatoms. The summed E-state index contributed by atoms with van der Waals surface area (Å²) >= 11 is 0. The number of ether oxygens (including phenoxy) is 1. The topological polar surface area (TPSA) is 55.6 Å². The first-order valence-corrected chi connectivity index (χ1v) is 8.08. The molecule has 0 radical (unpaired) electrons. The Morgan fingerprint density at radius 2 is 2.15 bits per heavy atom. The van der Waals surface area contributed by atoms with Crippen LogP contribution in [0.25, 0.3) is 0 Å². The standard InChI is InChI=1S/C16H32N2O2/c1-4-12-20-14-6-5-11-18(13-14)15(19)7-8-16(2,3)9-10-17/h14H,4-13,17H2,1-3H3. The van der Waals surface area contributed by atoms with Crippen LogP contribution in [0.5, 0.6) is 0 Å². The number of carbonyl (C=O) groups excluding carboxylic acids is 1. The summed E-state index contributed by atoms with van der Waals surface area (Å²) in [4.78, 5) is 14.3. The number of hydrogen-bond donors (Lipinski definition) is 1. The molecule has 1 aliphatic rings. The van der Waals surface area contributed by atoms with Gasteiger partial charge in [-0.05, 0) is 44.1 Å². The molecule has 0 spiro atoms. The summed E-state index contributed by atoms with van der Waals surface area (Å²) in [5.41, 5.74) is 5.78. The van der Waals surface area contributed by atoms with E-state index in [1.54, 1.807) is 0 Å². The Morgan fingerprint density at radius 1 is 1.40 bits per heavy atom. The van der Waals surface area contributed by atoms with Gasteiger partial charge in [-0.1, -0.05) is 20.8 Å². The van der Waals surface area contributed by atoms with E-state index in [4.69, 9.17) is 10.5 Å². The second-order valence-corrected chi connectivity index (χ2v) is 6.68. The highest BCUT2D eigenvalue weighted by Crippen LogP contribution is 2.26. The molecule has 0 aromatic heterocycles. The molecule has 1 atom stereocenters. The molecule has 1 aliphatic heterocycles. The maximum atomic E-state index is 12.3. The van der Waals surface area contributed by atoms with Gasteiger partial charge in [0.05, 0.1) is 6.10 Å². The molecule has 20 heavy (non-hydrogen) atoms. The fourth-order valence-corrected chi connectivity index (χ4v) is 2.70. The van der Waals surface area contributed by atoms with E-state index in [0.717, 1.165) is 51.8 Å². The molecule has 0 aromatic rings. The number of piperidine rings is 1. The molecular formula is C16H32N2O2. The van der Waals surface area contributed by atoms with Gasteiger partial charge in [0.25, 0.3) is 0 Å². The molecule has 1 fully saturated rings. The van der Waals surface area contributed by atoms with Gasteiger partial charge in [0, 0.05) is 26.1 Å². The lowest BCUT2D eigenvalue weighted by atomic mass is 9.84. The first-order chi connectivity index (χ1) is 9.48. The molecular weight excluding hydrogens is 252 g/mol. The first kappa shape index (κ1) is 17.4. The lowest BCUT2D eigenvalue weighted by molar-refractivity contribution is -0.136. The van der Waals surface area contributed by atoms with Gasteiger partial charge in [0.1, 0.15) is 0 Å². The van der Waals surface area contributed by atoms with Crippen LogP contribution in [0.3, 0.4) is 0 Å². The fourth-order valence-electron chi connectivity index (χ4n) is 2.70. The third-order valence-electron chi connectivity index (χ3n) is 4.13. The zero-order valence-electron chi connectivity index (χ0n) is 13.5. The maximum Gasteiger partial charge on any atom is 0.222 e. The Kier molecular flexibility index (Phi) is 7.52. The van der Waals surface area contributed by atoms with Crippen molar-refractivity contribution in [1.82, 2.24) is 4.90 Å². The van der Waals surface area contributed by atoms with E-state index in [1.807, 2.05) is 4.90 Å². The van der Waals surface area contributed by atoms with Crippen LogP contribution < -0.4 is 5.73 Å². The molecule has 1 saturated heterocycles. The second kappa shape index (κ2) is 8.63. The molecule has 1 amide bonds. The zero-order valence-corrected chi connectivity index (χ0v) is 13.5. The number of hydrogen-bond acceptors (Lipinski definition) is 3. The van der Waals surface area contributed by atoms with Crippen molar-refractivity contribution in [3.05, 3.63) is 0 Å². The minimum absolute atomic E-state index is 0.165. The Morgan fingerprint density at radius 3 is 2.80 bits per heavy atom. The van der Waals surface area contributed by atoms with Crippen LogP contribution in [0, 0.1) is 5.41 Å². The Balaban J connectivity index is 2.35. The highest BCUT2D eigenvalue weighted by atomic mass is 16.5. The molecule has 1 rings (SSSR count). The molecule has 1 heterocycles. The van der Waals surface area contributed by atoms with Gasteiger partial charge >= 0.3 is 0 Å². The molecule has 0 bridgehead atoms. The van der Waals surface area contributed by atoms with Crippen molar-refractivity contribution < 1.29 is 9.53 Å². The van der Waals surface area contributed by atoms with Gasteiger partial charge < -0.3 is 15.4 Å². The molecule has 0 saturated carbocycles. The van der Waals surface area contributed by atoms with Crippen LogP contribution in [0.15, 0.2) is 0 Å². The lowest BCUT2D eigenvalue weighted by Gasteiger charge is -2.33. The number of carbonyl (C=O) groups is 1. The summed E-state index contributed by atoms with van der Waals surface area (Å²) in [7, 11) is 0. The normalized spacial score (nSPS) is 20.2. The molecule has 118 valence electrons. The zero-order chi connectivity index (χ0) is 15.0. The molecule has 0 aliphatic carbocycles. The van der Waals surface area contributed by atoms with E-state index < -0.39 is 0 Å². The van der Waals surface area contributed by atoms with Gasteiger partial charge in [-0.2, -0.15) is 0 Å². The van der Waals surface area contributed by atoms with Gasteiger partial charge in [-0.3, -0.25) is 4.79 Å². The summed E-state index contributed by atoms with van der Waals surface area (Å²) in [6.07, 6.45) is 5.95. The van der Waals surface area contributed by atoms with Crippen LogP contribution in [0.2, 0.25) is 0 Å². The third kappa shape index (κ3) is 6.23. The van der Waals surface area contributed by atoms with Gasteiger partial charge in [-0.25, -0.2) is 0 Å². The quantitative estimate of drug-likeness (QED) is 0.745. The van der Waals surface area contributed by atoms with Crippen LogP contribution in [0.4, 0.5) is 0 Å². The van der Waals surface area contributed by atoms with Crippen molar-refractivity contribution in [1.29, 1.82) is 0 Å². The number of nitrogens with zero attached hydrogens (tertiary/aromatic N) is 1. The van der Waals surface area contributed by atoms with Gasteiger partial charge in [-0.15, -0.1) is 0 Å². The van der Waals surface area contributed by atoms with Crippen LogP contribution in [0.1, 0.15) is 59.3 Å². The van der Waals surface area contributed by atoms with Crippen molar-refractivity contribution in [3.63, 3.8) is 0 Å². The van der Waals surface area contributed by atoms with Gasteiger partial charge in [0.2, 0.25) is 5.91 Å². The van der Waals surface area contributed by atoms with Crippen LogP contribution >= 0.6 is 0 Å². The van der Waals surface area contributed by atoms with Crippen molar-refractivity contribution in [3.8, 4) is 0 Å². The summed E-state index contributed by atoms with van der Waals surface area (Å²) in [6.45, 7) is 9.66. The van der Waals surface area contributed by atoms with E-state index in [2.05, 4.69) is 20.8 Å². The average molecular weight is 284 g/mol. The summed E-state index contributed by atoms with van der Waals surface area (Å²) in [5, 5.41) is 0. The molecule has 2 N–H and O–H groups in total. The second-order valence-electron chi connectivity index (χ2n) is 6.68. The number of nitrogens with two attached hydrogens (primary N) is 1. The summed E-state index contributed by atoms with van der Waals surface area (Å²) in [6, 6.07) is 0. The number of rotatable bonds is 8. The van der Waals surface area contributed by atoms with E-state index in [9.17, 15) is 4.79 Å².